The topological polar surface area (TPSA) is 49.3 Å². The normalized spacial score (nSPS) is 15.9. The van der Waals surface area contributed by atoms with Crippen molar-refractivity contribution in [2.75, 3.05) is 13.1 Å². The molecular weight excluding hydrogens is 303 g/mol. The number of halogens is 1. The summed E-state index contributed by atoms with van der Waals surface area (Å²) in [7, 11) is 0. The van der Waals surface area contributed by atoms with Gasteiger partial charge in [0.15, 0.2) is 5.96 Å². The summed E-state index contributed by atoms with van der Waals surface area (Å²) in [5.41, 5.74) is 1.03. The van der Waals surface area contributed by atoms with E-state index in [4.69, 9.17) is 0 Å². The molecule has 1 aromatic rings. The van der Waals surface area contributed by atoms with Gasteiger partial charge in [-0.1, -0.05) is 6.07 Å². The molecule has 0 saturated carbocycles. The van der Waals surface area contributed by atoms with Crippen LogP contribution in [0.4, 0.5) is 0 Å². The molecule has 0 spiro atoms. The van der Waals surface area contributed by atoms with Gasteiger partial charge in [0, 0.05) is 12.7 Å². The van der Waals surface area contributed by atoms with Gasteiger partial charge in [0.25, 0.3) is 0 Å². The van der Waals surface area contributed by atoms with Crippen molar-refractivity contribution in [3.05, 3.63) is 30.1 Å². The second-order valence-electron chi connectivity index (χ2n) is 3.28. The Labute approximate surface area is 107 Å². The van der Waals surface area contributed by atoms with E-state index in [1.807, 2.05) is 18.2 Å². The van der Waals surface area contributed by atoms with Crippen LogP contribution in [0.3, 0.4) is 0 Å². The molecule has 0 amide bonds. The maximum absolute atomic E-state index is 4.28. The van der Waals surface area contributed by atoms with Gasteiger partial charge in [-0.25, -0.2) is 0 Å². The van der Waals surface area contributed by atoms with Crippen LogP contribution in [0.25, 0.3) is 0 Å². The van der Waals surface area contributed by atoms with Gasteiger partial charge in [-0.3, -0.25) is 9.98 Å². The zero-order valence-corrected chi connectivity index (χ0v) is 10.9. The number of guanidine groups is 1. The van der Waals surface area contributed by atoms with Gasteiger partial charge in [-0.2, -0.15) is 0 Å². The van der Waals surface area contributed by atoms with Gasteiger partial charge in [-0.15, -0.1) is 24.0 Å². The number of pyridine rings is 1. The van der Waals surface area contributed by atoms with Gasteiger partial charge in [-0.05, 0) is 19.1 Å². The van der Waals surface area contributed by atoms with Crippen LogP contribution in [0.2, 0.25) is 0 Å². The number of aliphatic imine (C=N–C) groups is 1. The summed E-state index contributed by atoms with van der Waals surface area (Å²) in [5.74, 6) is 0.878. The van der Waals surface area contributed by atoms with Gasteiger partial charge in [0.1, 0.15) is 0 Å². The fraction of sp³-hybridized carbons (Fsp3) is 0.400. The highest BCUT2D eigenvalue weighted by Crippen LogP contribution is 2.07. The second-order valence-corrected chi connectivity index (χ2v) is 3.28. The van der Waals surface area contributed by atoms with E-state index < -0.39 is 0 Å². The van der Waals surface area contributed by atoms with Crippen LogP contribution in [-0.4, -0.2) is 24.0 Å². The number of hydrogen-bond donors (Lipinski definition) is 2. The Kier molecular flexibility index (Phi) is 4.80. The van der Waals surface area contributed by atoms with Crippen molar-refractivity contribution in [3.63, 3.8) is 0 Å². The molecule has 2 heterocycles. The SMILES string of the molecule is CC(NC1=NCCN1)c1ccccn1.I. The molecule has 0 saturated heterocycles. The fourth-order valence-electron chi connectivity index (χ4n) is 1.41. The number of nitrogens with one attached hydrogen (secondary N) is 2. The van der Waals surface area contributed by atoms with Gasteiger partial charge in [0.05, 0.1) is 18.3 Å². The highest BCUT2D eigenvalue weighted by Gasteiger charge is 2.10. The zero-order valence-electron chi connectivity index (χ0n) is 8.60. The van der Waals surface area contributed by atoms with Gasteiger partial charge in [0.2, 0.25) is 0 Å². The molecule has 1 aliphatic rings. The Morgan fingerprint density at radius 2 is 2.33 bits per heavy atom. The molecule has 1 unspecified atom stereocenters. The van der Waals surface area contributed by atoms with Crippen LogP contribution in [0.15, 0.2) is 29.4 Å². The van der Waals surface area contributed by atoms with E-state index in [2.05, 4.69) is 27.5 Å². The van der Waals surface area contributed by atoms with E-state index in [0.29, 0.717) is 0 Å². The van der Waals surface area contributed by atoms with Crippen molar-refractivity contribution in [3.8, 4) is 0 Å². The predicted octanol–water partition coefficient (Wildman–Crippen LogP) is 1.31. The van der Waals surface area contributed by atoms with Crippen LogP contribution < -0.4 is 10.6 Å². The third-order valence-corrected chi connectivity index (χ3v) is 2.16. The number of aromatic nitrogens is 1. The number of rotatable bonds is 2. The summed E-state index contributed by atoms with van der Waals surface area (Å²) >= 11 is 0. The lowest BCUT2D eigenvalue weighted by Crippen LogP contribution is -2.35. The summed E-state index contributed by atoms with van der Waals surface area (Å²) in [6.07, 6.45) is 1.80. The van der Waals surface area contributed by atoms with Crippen LogP contribution in [0.5, 0.6) is 0 Å². The Morgan fingerprint density at radius 3 is 2.93 bits per heavy atom. The van der Waals surface area contributed by atoms with E-state index in [1.54, 1.807) is 6.20 Å². The Balaban J connectivity index is 0.00000112. The van der Waals surface area contributed by atoms with Crippen molar-refractivity contribution >= 4 is 29.9 Å². The van der Waals surface area contributed by atoms with E-state index in [-0.39, 0.29) is 30.0 Å². The lowest BCUT2D eigenvalue weighted by molar-refractivity contribution is 0.679. The molecule has 2 N–H and O–H groups in total. The molecule has 1 aromatic heterocycles. The summed E-state index contributed by atoms with van der Waals surface area (Å²) in [4.78, 5) is 8.54. The highest BCUT2D eigenvalue weighted by atomic mass is 127. The van der Waals surface area contributed by atoms with Crippen LogP contribution >= 0.6 is 24.0 Å². The molecule has 5 heteroatoms. The average molecular weight is 318 g/mol. The molecule has 4 nitrogen and oxygen atoms in total. The average Bonchev–Trinajstić information content (AvgIpc) is 2.72. The Bertz CT molecular complexity index is 325. The van der Waals surface area contributed by atoms with Crippen LogP contribution in [0, 0.1) is 0 Å². The van der Waals surface area contributed by atoms with E-state index in [0.717, 1.165) is 24.7 Å². The second kappa shape index (κ2) is 5.89. The summed E-state index contributed by atoms with van der Waals surface area (Å²) < 4.78 is 0. The first-order valence-electron chi connectivity index (χ1n) is 4.82. The maximum atomic E-state index is 4.28. The number of nitrogens with zero attached hydrogens (tertiary/aromatic N) is 2. The largest absolute Gasteiger partial charge is 0.355 e. The maximum Gasteiger partial charge on any atom is 0.191 e. The molecule has 1 atom stereocenters. The summed E-state index contributed by atoms with van der Waals surface area (Å²) in [6, 6.07) is 6.11. The number of hydrogen-bond acceptors (Lipinski definition) is 4. The quantitative estimate of drug-likeness (QED) is 0.809. The first kappa shape index (κ1) is 12.2. The Hall–Kier alpha value is -0.850. The minimum absolute atomic E-state index is 0. The van der Waals surface area contributed by atoms with E-state index >= 15 is 0 Å². The molecular formula is C10H15IN4. The zero-order chi connectivity index (χ0) is 9.80. The standard InChI is InChI=1S/C10H14N4.HI/c1-8(9-4-2-3-5-11-9)14-10-12-6-7-13-10;/h2-5,8H,6-7H2,1H3,(H2,12,13,14);1H. The van der Waals surface area contributed by atoms with E-state index in [1.165, 1.54) is 0 Å². The van der Waals surface area contributed by atoms with E-state index in [9.17, 15) is 0 Å². The lowest BCUT2D eigenvalue weighted by Gasteiger charge is -2.14. The summed E-state index contributed by atoms with van der Waals surface area (Å²) in [6.45, 7) is 3.86. The van der Waals surface area contributed by atoms with Crippen LogP contribution in [-0.2, 0) is 0 Å². The molecule has 15 heavy (non-hydrogen) atoms. The molecule has 0 radical (unpaired) electrons. The minimum Gasteiger partial charge on any atom is -0.355 e. The monoisotopic (exact) mass is 318 g/mol. The molecule has 1 aliphatic heterocycles. The summed E-state index contributed by atoms with van der Waals surface area (Å²) in [5, 5.41) is 6.44. The Morgan fingerprint density at radius 1 is 1.47 bits per heavy atom. The van der Waals surface area contributed by atoms with Gasteiger partial charge >= 0.3 is 0 Å². The molecule has 0 aromatic carbocycles. The first-order valence-corrected chi connectivity index (χ1v) is 4.82. The van der Waals surface area contributed by atoms with Gasteiger partial charge < -0.3 is 10.6 Å². The fourth-order valence-corrected chi connectivity index (χ4v) is 1.41. The minimum atomic E-state index is 0. The molecule has 0 fully saturated rings. The first-order chi connectivity index (χ1) is 6.86. The van der Waals surface area contributed by atoms with Crippen molar-refractivity contribution in [1.29, 1.82) is 0 Å². The molecule has 0 aliphatic carbocycles. The van der Waals surface area contributed by atoms with Crippen molar-refractivity contribution in [2.24, 2.45) is 4.99 Å². The molecule has 0 bridgehead atoms. The van der Waals surface area contributed by atoms with Crippen LogP contribution in [0.1, 0.15) is 18.7 Å². The van der Waals surface area contributed by atoms with Crippen molar-refractivity contribution < 1.29 is 0 Å². The molecule has 82 valence electrons. The third-order valence-electron chi connectivity index (χ3n) is 2.16. The van der Waals surface area contributed by atoms with Crippen molar-refractivity contribution in [1.82, 2.24) is 15.6 Å². The third kappa shape index (κ3) is 3.33. The lowest BCUT2D eigenvalue weighted by atomic mass is 10.2. The molecule has 2 rings (SSSR count). The smallest absolute Gasteiger partial charge is 0.191 e. The highest BCUT2D eigenvalue weighted by molar-refractivity contribution is 14.0. The predicted molar refractivity (Wildman–Crippen MR) is 71.5 cm³/mol. The van der Waals surface area contributed by atoms with Crippen molar-refractivity contribution in [2.45, 2.75) is 13.0 Å².